The average molecular weight is 292 g/mol. The topological polar surface area (TPSA) is 91.0 Å². The number of nitrogens with zero attached hydrogens (tertiary/aromatic N) is 2. The van der Waals surface area contributed by atoms with Crippen LogP contribution in [0.2, 0.25) is 0 Å². The van der Waals surface area contributed by atoms with Crippen LogP contribution in [-0.2, 0) is 14.7 Å². The minimum absolute atomic E-state index is 0.00102. The van der Waals surface area contributed by atoms with E-state index in [4.69, 9.17) is 9.57 Å². The smallest absolute Gasteiger partial charge is 0.266 e. The summed E-state index contributed by atoms with van der Waals surface area (Å²) in [4.78, 5) is 4.92. The van der Waals surface area contributed by atoms with Crippen LogP contribution in [0, 0.1) is 0 Å². The maximum atomic E-state index is 14.1. The van der Waals surface area contributed by atoms with Crippen molar-refractivity contribution < 1.29 is 26.9 Å². The molecular weight excluding hydrogens is 279 g/mol. The molecule has 1 aromatic rings. The van der Waals surface area contributed by atoms with Crippen molar-refractivity contribution in [2.24, 2.45) is 5.16 Å². The van der Waals surface area contributed by atoms with Gasteiger partial charge in [-0.1, -0.05) is 5.16 Å². The molecule has 1 aliphatic heterocycles. The third-order valence-electron chi connectivity index (χ3n) is 2.51. The summed E-state index contributed by atoms with van der Waals surface area (Å²) in [5.74, 6) is -0.456. The molecule has 0 saturated heterocycles. The maximum absolute atomic E-state index is 14.1. The number of hydrogen-bond acceptors (Lipinski definition) is 7. The van der Waals surface area contributed by atoms with E-state index in [-0.39, 0.29) is 17.3 Å². The summed E-state index contributed by atoms with van der Waals surface area (Å²) in [6.07, 6.45) is 0.00102. The first kappa shape index (κ1) is 13.8. The van der Waals surface area contributed by atoms with Gasteiger partial charge in [0.15, 0.2) is 10.8 Å². The molecule has 0 spiro atoms. The molecule has 1 aliphatic rings. The van der Waals surface area contributed by atoms with E-state index in [1.807, 2.05) is 0 Å². The number of alkyl halides is 1. The van der Waals surface area contributed by atoms with Gasteiger partial charge in [0, 0.05) is 12.5 Å². The summed E-state index contributed by atoms with van der Waals surface area (Å²) >= 11 is 0. The highest BCUT2D eigenvalue weighted by atomic mass is 32.2. The molecule has 9 heteroatoms. The second-order valence-electron chi connectivity index (χ2n) is 4.65. The van der Waals surface area contributed by atoms with Gasteiger partial charge in [0.1, 0.15) is 5.60 Å². The fraction of sp³-hybridized carbons (Fsp3) is 0.600. The van der Waals surface area contributed by atoms with Gasteiger partial charge in [-0.05, 0) is 19.0 Å². The predicted octanol–water partition coefficient (Wildman–Crippen LogP) is 1.58. The van der Waals surface area contributed by atoms with Gasteiger partial charge in [-0.15, -0.1) is 0 Å². The van der Waals surface area contributed by atoms with Gasteiger partial charge < -0.3 is 14.1 Å². The molecule has 0 amide bonds. The number of halogens is 1. The summed E-state index contributed by atoms with van der Waals surface area (Å²) in [5, 5.41) is 6.43. The molecule has 0 fully saturated rings. The van der Waals surface area contributed by atoms with E-state index in [0.29, 0.717) is 0 Å². The third-order valence-corrected chi connectivity index (χ3v) is 4.16. The zero-order valence-corrected chi connectivity index (χ0v) is 11.4. The van der Waals surface area contributed by atoms with Gasteiger partial charge in [-0.25, -0.2) is 12.8 Å². The fourth-order valence-electron chi connectivity index (χ4n) is 1.50. The number of methoxy groups -OCH3 is 1. The van der Waals surface area contributed by atoms with E-state index in [9.17, 15) is 12.8 Å². The molecule has 0 N–H and O–H groups in total. The predicted molar refractivity (Wildman–Crippen MR) is 63.0 cm³/mol. The van der Waals surface area contributed by atoms with Crippen molar-refractivity contribution in [1.82, 2.24) is 5.16 Å². The molecule has 2 heterocycles. The molecular formula is C10H13FN2O5S. The summed E-state index contributed by atoms with van der Waals surface area (Å²) < 4.78 is 47.3. The molecule has 106 valence electrons. The summed E-state index contributed by atoms with van der Waals surface area (Å²) in [6, 6.07) is 1.07. The monoisotopic (exact) mass is 292 g/mol. The van der Waals surface area contributed by atoms with Gasteiger partial charge in [-0.3, -0.25) is 0 Å². The third kappa shape index (κ3) is 2.55. The van der Waals surface area contributed by atoms with Gasteiger partial charge in [0.2, 0.25) is 9.84 Å². The van der Waals surface area contributed by atoms with Crippen LogP contribution in [0.15, 0.2) is 15.7 Å². The number of hydrogen-bond donors (Lipinski definition) is 0. The summed E-state index contributed by atoms with van der Waals surface area (Å²) in [6.45, 7) is 3.31. The van der Waals surface area contributed by atoms with Gasteiger partial charge in [0.25, 0.3) is 11.4 Å². The van der Waals surface area contributed by atoms with E-state index >= 15 is 0 Å². The molecule has 0 bridgehead atoms. The Hall–Kier alpha value is -1.64. The molecule has 0 saturated carbocycles. The van der Waals surface area contributed by atoms with Crippen molar-refractivity contribution in [1.29, 1.82) is 0 Å². The zero-order valence-electron chi connectivity index (χ0n) is 10.6. The van der Waals surface area contributed by atoms with Crippen LogP contribution in [0.4, 0.5) is 4.39 Å². The van der Waals surface area contributed by atoms with Crippen molar-refractivity contribution in [3.63, 3.8) is 0 Å². The number of aromatic nitrogens is 1. The van der Waals surface area contributed by atoms with Crippen molar-refractivity contribution in [2.45, 2.75) is 31.4 Å². The van der Waals surface area contributed by atoms with Gasteiger partial charge >= 0.3 is 0 Å². The van der Waals surface area contributed by atoms with Gasteiger partial charge in [-0.2, -0.15) is 0 Å². The Morgan fingerprint density at radius 2 is 2.21 bits per heavy atom. The Labute approximate surface area is 109 Å². The lowest BCUT2D eigenvalue weighted by atomic mass is 10.1. The van der Waals surface area contributed by atoms with Crippen LogP contribution in [0.1, 0.15) is 31.5 Å². The molecule has 1 unspecified atom stereocenters. The van der Waals surface area contributed by atoms with Crippen LogP contribution in [0.5, 0.6) is 5.88 Å². The molecule has 7 nitrogen and oxygen atoms in total. The van der Waals surface area contributed by atoms with Crippen LogP contribution < -0.4 is 4.74 Å². The molecule has 0 radical (unpaired) electrons. The lowest BCUT2D eigenvalue weighted by Crippen LogP contribution is -2.24. The Balaban J connectivity index is 2.25. The number of ether oxygens (including phenoxy) is 1. The van der Waals surface area contributed by atoms with Crippen molar-refractivity contribution in [3.05, 3.63) is 11.8 Å². The van der Waals surface area contributed by atoms with Crippen molar-refractivity contribution in [2.75, 3.05) is 7.11 Å². The number of rotatable bonds is 3. The highest BCUT2D eigenvalue weighted by Crippen LogP contribution is 2.33. The average Bonchev–Trinajstić information content (AvgIpc) is 2.94. The van der Waals surface area contributed by atoms with Crippen molar-refractivity contribution in [3.8, 4) is 5.88 Å². The largest absolute Gasteiger partial charge is 0.479 e. The first-order valence-electron chi connectivity index (χ1n) is 5.40. The first-order chi connectivity index (χ1) is 8.76. The minimum atomic E-state index is -4.29. The number of oxime groups is 1. The lowest BCUT2D eigenvalue weighted by Gasteiger charge is -2.13. The Morgan fingerprint density at radius 1 is 1.53 bits per heavy atom. The van der Waals surface area contributed by atoms with E-state index in [1.165, 1.54) is 7.11 Å². The van der Waals surface area contributed by atoms with E-state index in [1.54, 1.807) is 13.8 Å². The molecule has 19 heavy (non-hydrogen) atoms. The highest BCUT2D eigenvalue weighted by molar-refractivity contribution is 8.06. The highest BCUT2D eigenvalue weighted by Gasteiger charge is 2.42. The molecule has 1 aromatic heterocycles. The van der Waals surface area contributed by atoms with E-state index in [2.05, 4.69) is 14.8 Å². The van der Waals surface area contributed by atoms with Crippen LogP contribution in [0.3, 0.4) is 0 Å². The zero-order chi connectivity index (χ0) is 14.3. The summed E-state index contributed by atoms with van der Waals surface area (Å²) in [7, 11) is -2.98. The van der Waals surface area contributed by atoms with Crippen LogP contribution >= 0.6 is 0 Å². The van der Waals surface area contributed by atoms with Crippen LogP contribution in [-0.4, -0.2) is 31.3 Å². The standard InChI is InChI=1S/C10H13FN2O5S/c1-10(2)5-8(13-18-10)19(14,15)9(11)6-4-7(16-3)12-17-6/h4,9H,5H2,1-3H3. The number of sulfone groups is 1. The Kier molecular flexibility index (Phi) is 3.25. The second-order valence-corrected chi connectivity index (χ2v) is 6.62. The first-order valence-corrected chi connectivity index (χ1v) is 6.94. The van der Waals surface area contributed by atoms with E-state index < -0.39 is 26.7 Å². The lowest BCUT2D eigenvalue weighted by molar-refractivity contribution is 0.0123. The molecule has 0 aliphatic carbocycles. The molecule has 0 aromatic carbocycles. The van der Waals surface area contributed by atoms with Crippen LogP contribution in [0.25, 0.3) is 0 Å². The summed E-state index contributed by atoms with van der Waals surface area (Å²) in [5.41, 5.74) is -3.15. The second kappa shape index (κ2) is 4.48. The van der Waals surface area contributed by atoms with E-state index in [0.717, 1.165) is 6.07 Å². The molecule has 2 rings (SSSR count). The normalized spacial score (nSPS) is 19.7. The Bertz CT molecular complexity index is 607. The minimum Gasteiger partial charge on any atom is -0.479 e. The van der Waals surface area contributed by atoms with Gasteiger partial charge in [0.05, 0.1) is 7.11 Å². The molecule has 1 atom stereocenters. The van der Waals surface area contributed by atoms with Crippen molar-refractivity contribution >= 4 is 14.9 Å². The SMILES string of the molecule is COc1cc(C(F)S(=O)(=O)C2=NOC(C)(C)C2)on1. The maximum Gasteiger partial charge on any atom is 0.266 e. The fourth-order valence-corrected chi connectivity index (χ4v) is 2.85. The Morgan fingerprint density at radius 3 is 2.68 bits per heavy atom. The quantitative estimate of drug-likeness (QED) is 0.840.